The Hall–Kier alpha value is -3.53. The Morgan fingerprint density at radius 2 is 1.85 bits per heavy atom. The number of ether oxygens (including phenoxy) is 2. The van der Waals surface area contributed by atoms with Crippen LogP contribution in [-0.4, -0.2) is 45.0 Å². The molecule has 2 heterocycles. The summed E-state index contributed by atoms with van der Waals surface area (Å²) in [6.45, 7) is 1.97. The number of alkyl halides is 3. The van der Waals surface area contributed by atoms with Crippen LogP contribution in [0.5, 0.6) is 5.75 Å². The second-order valence-corrected chi connectivity index (χ2v) is 12.9. The van der Waals surface area contributed by atoms with Gasteiger partial charge in [0.1, 0.15) is 30.2 Å². The summed E-state index contributed by atoms with van der Waals surface area (Å²) in [4.78, 5) is 41.1. The van der Waals surface area contributed by atoms with Crippen molar-refractivity contribution in [3.05, 3.63) is 103 Å². The minimum atomic E-state index is -4.63. The van der Waals surface area contributed by atoms with Crippen molar-refractivity contribution < 1.29 is 46.2 Å². The first-order chi connectivity index (χ1) is 21.6. The van der Waals surface area contributed by atoms with E-state index < -0.39 is 67.3 Å². The van der Waals surface area contributed by atoms with Gasteiger partial charge in [-0.2, -0.15) is 18.3 Å². The lowest BCUT2D eigenvalue weighted by Gasteiger charge is -2.30. The van der Waals surface area contributed by atoms with Gasteiger partial charge in [-0.25, -0.2) is 9.36 Å². The van der Waals surface area contributed by atoms with E-state index in [1.165, 1.54) is 31.1 Å². The fourth-order valence-corrected chi connectivity index (χ4v) is 6.29. The average molecular weight is 732 g/mol. The molecule has 0 radical (unpaired) electrons. The molecule has 2 unspecified atom stereocenters. The first-order valence-electron chi connectivity index (χ1n) is 13.7. The predicted molar refractivity (Wildman–Crippen MR) is 163 cm³/mol. The van der Waals surface area contributed by atoms with Gasteiger partial charge in [0.05, 0.1) is 23.8 Å². The number of benzene rings is 2. The molecule has 1 aliphatic heterocycles. The summed E-state index contributed by atoms with van der Waals surface area (Å²) in [5, 5.41) is 13.2. The van der Waals surface area contributed by atoms with Crippen LogP contribution in [0.2, 0.25) is 0 Å². The first kappa shape index (κ1) is 35.3. The SMILES string of the molecule is CC(C)(NP(=O)(OC[C@H]1O[C@@H](n2cc(C=CBr)c(=O)[nH]c2=O)CC1O)Oc1ccc(C(F)(F)F)cc1)C(=O)OCc1ccccc1. The molecule has 3 N–H and O–H groups in total. The molecule has 4 atom stereocenters. The number of aliphatic hydroxyl groups is 1. The lowest BCUT2D eigenvalue weighted by atomic mass is 10.1. The van der Waals surface area contributed by atoms with Crippen LogP contribution in [-0.2, 0) is 36.1 Å². The summed E-state index contributed by atoms with van der Waals surface area (Å²) in [6, 6.07) is 12.1. The molecule has 0 aliphatic carbocycles. The Labute approximate surface area is 268 Å². The van der Waals surface area contributed by atoms with Crippen LogP contribution in [0.3, 0.4) is 0 Å². The number of hydrogen-bond acceptors (Lipinski definition) is 9. The van der Waals surface area contributed by atoms with E-state index in [1.807, 2.05) is 0 Å². The van der Waals surface area contributed by atoms with Crippen LogP contribution in [0.1, 0.15) is 43.2 Å². The number of nitrogens with zero attached hydrogens (tertiary/aromatic N) is 1. The molecule has 2 aromatic carbocycles. The number of aliphatic hydroxyl groups excluding tert-OH is 1. The maximum absolute atomic E-state index is 14.1. The maximum Gasteiger partial charge on any atom is 0.459 e. The number of hydrogen-bond donors (Lipinski definition) is 3. The van der Waals surface area contributed by atoms with Crippen LogP contribution in [0.15, 0.2) is 75.4 Å². The number of H-pyrrole nitrogens is 1. The van der Waals surface area contributed by atoms with Crippen molar-refractivity contribution in [2.75, 3.05) is 6.61 Å². The average Bonchev–Trinajstić information content (AvgIpc) is 3.36. The quantitative estimate of drug-likeness (QED) is 0.173. The summed E-state index contributed by atoms with van der Waals surface area (Å²) in [6.07, 6.45) is -5.60. The molecule has 3 aromatic rings. The molecule has 0 saturated carbocycles. The van der Waals surface area contributed by atoms with Gasteiger partial charge in [-0.1, -0.05) is 46.3 Å². The van der Waals surface area contributed by atoms with Crippen LogP contribution >= 0.6 is 23.7 Å². The van der Waals surface area contributed by atoms with Gasteiger partial charge in [0.2, 0.25) is 0 Å². The van der Waals surface area contributed by atoms with Crippen molar-refractivity contribution >= 4 is 35.7 Å². The summed E-state index contributed by atoms with van der Waals surface area (Å²) in [5.74, 6) is -1.13. The number of esters is 1. The van der Waals surface area contributed by atoms with Gasteiger partial charge in [0, 0.05) is 12.6 Å². The van der Waals surface area contributed by atoms with Gasteiger partial charge in [-0.05, 0) is 54.7 Å². The zero-order valence-electron chi connectivity index (χ0n) is 24.4. The summed E-state index contributed by atoms with van der Waals surface area (Å²) >= 11 is 3.06. The predicted octanol–water partition coefficient (Wildman–Crippen LogP) is 4.88. The van der Waals surface area contributed by atoms with Gasteiger partial charge < -0.3 is 19.1 Å². The van der Waals surface area contributed by atoms with E-state index in [0.717, 1.165) is 16.7 Å². The molecule has 46 heavy (non-hydrogen) atoms. The Morgan fingerprint density at radius 3 is 2.48 bits per heavy atom. The van der Waals surface area contributed by atoms with Crippen LogP contribution in [0, 0.1) is 0 Å². The summed E-state index contributed by atoms with van der Waals surface area (Å²) < 4.78 is 76.6. The van der Waals surface area contributed by atoms with E-state index in [2.05, 4.69) is 26.0 Å². The smallest absolute Gasteiger partial charge is 0.459 e. The number of rotatable bonds is 12. The highest BCUT2D eigenvalue weighted by Crippen LogP contribution is 2.47. The normalized spacial score (nSPS) is 20.0. The maximum atomic E-state index is 14.1. The molecule has 0 bridgehead atoms. The second-order valence-electron chi connectivity index (χ2n) is 10.7. The standard InChI is InChI=1S/C29H30BrF3N3O9P/c1-28(2,26(39)42-16-18-6-4-3-5-7-18)35-46(41,45-21-10-8-20(9-11-21)29(31,32)33)43-17-23-22(37)14-24(44-23)36-15-19(12-13-30)25(38)34-27(36)40/h3-13,15,22-24,37H,14,16-17H2,1-2H3,(H,35,41)(H,34,38,40)/t22?,23-,24-,46?/m1/s1. The van der Waals surface area contributed by atoms with E-state index in [4.69, 9.17) is 18.5 Å². The van der Waals surface area contributed by atoms with Crippen LogP contribution in [0.4, 0.5) is 13.2 Å². The third kappa shape index (κ3) is 9.05. The topological polar surface area (TPSA) is 158 Å². The molecule has 0 amide bonds. The number of nitrogens with one attached hydrogen (secondary N) is 2. The number of aromatic nitrogens is 2. The molecule has 12 nitrogen and oxygen atoms in total. The molecule has 1 aromatic heterocycles. The van der Waals surface area contributed by atoms with Gasteiger partial charge in [0.25, 0.3) is 5.56 Å². The first-order valence-corrected chi connectivity index (χ1v) is 16.1. The molecule has 1 fully saturated rings. The number of carbonyl (C=O) groups is 1. The Kier molecular flexibility index (Phi) is 11.1. The van der Waals surface area contributed by atoms with E-state index in [9.17, 15) is 37.2 Å². The zero-order chi connectivity index (χ0) is 33.7. The van der Waals surface area contributed by atoms with Crippen molar-refractivity contribution in [1.82, 2.24) is 14.6 Å². The van der Waals surface area contributed by atoms with Gasteiger partial charge in [0.15, 0.2) is 0 Å². The Morgan fingerprint density at radius 1 is 1.17 bits per heavy atom. The minimum Gasteiger partial charge on any atom is -0.459 e. The zero-order valence-corrected chi connectivity index (χ0v) is 26.9. The summed E-state index contributed by atoms with van der Waals surface area (Å²) in [5.41, 5.74) is -3.33. The largest absolute Gasteiger partial charge is 0.459 e. The molecule has 17 heteroatoms. The molecular formula is C29H30BrF3N3O9P. The van der Waals surface area contributed by atoms with Crippen molar-refractivity contribution in [1.29, 1.82) is 0 Å². The third-order valence-electron chi connectivity index (χ3n) is 6.71. The fraction of sp³-hybridized carbons (Fsp3) is 0.345. The Balaban J connectivity index is 1.53. The Bertz CT molecular complexity index is 1710. The highest BCUT2D eigenvalue weighted by atomic mass is 79.9. The van der Waals surface area contributed by atoms with Gasteiger partial charge in [-0.15, -0.1) is 0 Å². The third-order valence-corrected chi connectivity index (χ3v) is 8.75. The van der Waals surface area contributed by atoms with Crippen LogP contribution < -0.4 is 20.9 Å². The molecule has 1 saturated heterocycles. The lowest BCUT2D eigenvalue weighted by Crippen LogP contribution is -2.47. The highest BCUT2D eigenvalue weighted by molar-refractivity contribution is 9.11. The molecule has 0 spiro atoms. The second kappa shape index (κ2) is 14.5. The van der Waals surface area contributed by atoms with Crippen molar-refractivity contribution in [2.45, 2.75) is 57.0 Å². The molecule has 248 valence electrons. The number of carbonyl (C=O) groups excluding carboxylic acids is 1. The highest BCUT2D eigenvalue weighted by Gasteiger charge is 2.43. The van der Waals surface area contributed by atoms with E-state index in [-0.39, 0.29) is 24.3 Å². The lowest BCUT2D eigenvalue weighted by molar-refractivity contribution is -0.151. The number of halogens is 4. The monoisotopic (exact) mass is 731 g/mol. The molecule has 4 rings (SSSR count). The summed E-state index contributed by atoms with van der Waals surface area (Å²) in [7, 11) is -4.63. The minimum absolute atomic E-state index is 0.101. The van der Waals surface area contributed by atoms with Crippen molar-refractivity contribution in [3.8, 4) is 5.75 Å². The molecular weight excluding hydrogens is 702 g/mol. The van der Waals surface area contributed by atoms with Crippen molar-refractivity contribution in [3.63, 3.8) is 0 Å². The van der Waals surface area contributed by atoms with Gasteiger partial charge in [-0.3, -0.25) is 23.7 Å². The van der Waals surface area contributed by atoms with Gasteiger partial charge >= 0.3 is 25.6 Å². The fourth-order valence-electron chi connectivity index (χ4n) is 4.33. The number of aromatic amines is 1. The van der Waals surface area contributed by atoms with Crippen molar-refractivity contribution in [2.24, 2.45) is 0 Å². The van der Waals surface area contributed by atoms with E-state index >= 15 is 0 Å². The molecule has 1 aliphatic rings. The van der Waals surface area contributed by atoms with E-state index in [0.29, 0.717) is 17.7 Å². The van der Waals surface area contributed by atoms with Crippen LogP contribution in [0.25, 0.3) is 6.08 Å². The van der Waals surface area contributed by atoms with E-state index in [1.54, 1.807) is 30.3 Å².